The lowest BCUT2D eigenvalue weighted by Gasteiger charge is -2.20. The van der Waals surface area contributed by atoms with Gasteiger partial charge in [0.25, 0.3) is 5.91 Å². The van der Waals surface area contributed by atoms with Crippen molar-refractivity contribution in [3.63, 3.8) is 0 Å². The van der Waals surface area contributed by atoms with Crippen molar-refractivity contribution in [1.82, 2.24) is 19.4 Å². The van der Waals surface area contributed by atoms with Gasteiger partial charge in [-0.05, 0) is 80.4 Å². The third kappa shape index (κ3) is 6.59. The molecule has 49 heavy (non-hydrogen) atoms. The number of esters is 1. The minimum Gasteiger partial charge on any atom is -0.465 e. The third-order valence-corrected chi connectivity index (χ3v) is 9.69. The largest absolute Gasteiger partial charge is 0.465 e. The van der Waals surface area contributed by atoms with Crippen molar-refractivity contribution in [3.8, 4) is 22.5 Å². The molecule has 6 aromatic rings. The molecule has 1 aliphatic heterocycles. The summed E-state index contributed by atoms with van der Waals surface area (Å²) in [6.07, 6.45) is 4.09. The van der Waals surface area contributed by atoms with Crippen LogP contribution in [0, 0.1) is 0 Å². The molecule has 0 saturated carbocycles. The van der Waals surface area contributed by atoms with E-state index in [-0.39, 0.29) is 11.9 Å². The fourth-order valence-corrected chi connectivity index (χ4v) is 6.94. The first kappa shape index (κ1) is 32.6. The van der Waals surface area contributed by atoms with Gasteiger partial charge in [-0.15, -0.1) is 0 Å². The molecular formula is C39H35Cl2N5O3. The molecule has 3 heterocycles. The van der Waals surface area contributed by atoms with Crippen LogP contribution in [0.15, 0.2) is 97.3 Å². The van der Waals surface area contributed by atoms with Crippen molar-refractivity contribution in [2.45, 2.75) is 32.4 Å². The maximum absolute atomic E-state index is 14.6. The number of likely N-dealkylation sites (tertiary alicyclic amines) is 1. The van der Waals surface area contributed by atoms with Crippen molar-refractivity contribution in [2.24, 2.45) is 0 Å². The van der Waals surface area contributed by atoms with E-state index in [1.807, 2.05) is 85.2 Å². The molecule has 1 aliphatic rings. The lowest BCUT2D eigenvalue weighted by atomic mass is 9.99. The number of amides is 1. The zero-order valence-electron chi connectivity index (χ0n) is 27.2. The van der Waals surface area contributed by atoms with Gasteiger partial charge in [0, 0.05) is 44.3 Å². The molecule has 0 radical (unpaired) electrons. The molecule has 8 nitrogen and oxygen atoms in total. The van der Waals surface area contributed by atoms with Crippen molar-refractivity contribution >= 4 is 51.7 Å². The predicted octanol–water partition coefficient (Wildman–Crippen LogP) is 9.25. The molecule has 1 saturated heterocycles. The first-order valence-corrected chi connectivity index (χ1v) is 17.0. The number of ether oxygens (including phenoxy) is 1. The summed E-state index contributed by atoms with van der Waals surface area (Å²) in [5, 5.41) is 5.17. The highest BCUT2D eigenvalue weighted by molar-refractivity contribution is 6.31. The van der Waals surface area contributed by atoms with Gasteiger partial charge in [0.15, 0.2) is 0 Å². The maximum Gasteiger partial charge on any atom is 0.337 e. The highest BCUT2D eigenvalue weighted by Crippen LogP contribution is 2.41. The molecule has 1 fully saturated rings. The fourth-order valence-electron chi connectivity index (χ4n) is 6.64. The molecule has 1 amide bonds. The Morgan fingerprint density at radius 3 is 2.41 bits per heavy atom. The molecule has 7 rings (SSSR count). The van der Waals surface area contributed by atoms with Gasteiger partial charge in [0.1, 0.15) is 5.69 Å². The average molecular weight is 693 g/mol. The van der Waals surface area contributed by atoms with Crippen LogP contribution in [0.5, 0.6) is 0 Å². The van der Waals surface area contributed by atoms with Gasteiger partial charge in [-0.1, -0.05) is 77.8 Å². The van der Waals surface area contributed by atoms with E-state index in [0.29, 0.717) is 44.6 Å². The summed E-state index contributed by atoms with van der Waals surface area (Å²) < 4.78 is 7.10. The first-order valence-electron chi connectivity index (χ1n) is 16.2. The summed E-state index contributed by atoms with van der Waals surface area (Å²) in [6, 6.07) is 28.4. The molecule has 0 spiro atoms. The number of hydrogen-bond donors (Lipinski definition) is 2. The van der Waals surface area contributed by atoms with Gasteiger partial charge in [-0.2, -0.15) is 0 Å². The highest BCUT2D eigenvalue weighted by atomic mass is 35.5. The Kier molecular flexibility index (Phi) is 9.27. The number of anilines is 1. The Labute approximate surface area is 294 Å². The molecule has 2 N–H and O–H groups in total. The third-order valence-electron chi connectivity index (χ3n) is 9.21. The summed E-state index contributed by atoms with van der Waals surface area (Å²) in [4.78, 5) is 37.9. The molecule has 248 valence electrons. The highest BCUT2D eigenvalue weighted by Gasteiger charge is 2.28. The first-order chi connectivity index (χ1) is 23.8. The van der Waals surface area contributed by atoms with Gasteiger partial charge in [0.2, 0.25) is 0 Å². The van der Waals surface area contributed by atoms with Crippen LogP contribution in [0.4, 0.5) is 5.69 Å². The van der Waals surface area contributed by atoms with Gasteiger partial charge < -0.3 is 19.6 Å². The molecule has 1 atom stereocenters. The van der Waals surface area contributed by atoms with E-state index >= 15 is 0 Å². The van der Waals surface area contributed by atoms with Crippen LogP contribution in [0.1, 0.15) is 57.8 Å². The second-order valence-corrected chi connectivity index (χ2v) is 13.2. The van der Waals surface area contributed by atoms with Crippen LogP contribution in [0.3, 0.4) is 0 Å². The van der Waals surface area contributed by atoms with Gasteiger partial charge in [-0.3, -0.25) is 9.69 Å². The number of carbonyl (C=O) groups excluding carboxylic acids is 2. The van der Waals surface area contributed by atoms with E-state index in [0.717, 1.165) is 59.4 Å². The Morgan fingerprint density at radius 2 is 1.67 bits per heavy atom. The van der Waals surface area contributed by atoms with Crippen LogP contribution in [-0.2, 0) is 11.3 Å². The summed E-state index contributed by atoms with van der Waals surface area (Å²) in [6.45, 7) is 4.71. The van der Waals surface area contributed by atoms with E-state index in [1.54, 1.807) is 12.1 Å². The summed E-state index contributed by atoms with van der Waals surface area (Å²) >= 11 is 12.7. The van der Waals surface area contributed by atoms with E-state index in [1.165, 1.54) is 7.11 Å². The molecule has 10 heteroatoms. The lowest BCUT2D eigenvalue weighted by molar-refractivity contribution is 0.0600. The second kappa shape index (κ2) is 13.9. The Morgan fingerprint density at radius 1 is 0.939 bits per heavy atom. The summed E-state index contributed by atoms with van der Waals surface area (Å²) in [5.41, 5.74) is 7.00. The maximum atomic E-state index is 14.6. The lowest BCUT2D eigenvalue weighted by Crippen LogP contribution is -2.21. The monoisotopic (exact) mass is 691 g/mol. The van der Waals surface area contributed by atoms with Gasteiger partial charge >= 0.3 is 5.97 Å². The predicted molar refractivity (Wildman–Crippen MR) is 195 cm³/mol. The number of H-pyrrole nitrogens is 1. The number of halogens is 2. The quantitative estimate of drug-likeness (QED) is 0.148. The number of imidazole rings is 1. The topological polar surface area (TPSA) is 92.2 Å². The fraction of sp³-hybridized carbons (Fsp3) is 0.205. The average Bonchev–Trinajstić information content (AvgIpc) is 3.88. The molecule has 4 aromatic carbocycles. The molecule has 0 bridgehead atoms. The van der Waals surface area contributed by atoms with E-state index < -0.39 is 5.97 Å². The smallest absolute Gasteiger partial charge is 0.337 e. The summed E-state index contributed by atoms with van der Waals surface area (Å²) in [7, 11) is 1.35. The normalized spacial score (nSPS) is 13.9. The standard InChI is InChI=1S/C39H35Cl2N5O3/c1-24(25-12-14-29(40)15-13-25)46-23-42-35(26-8-4-3-5-9-26)37(46)34-31-17-16-30(41)21-33(31)43-36(34)38(47)44-32-20-27(39(48)49-2)10-11-28(32)22-45-18-6-7-19-45/h3-5,8-17,20-21,23-24,43H,6-7,18-19,22H2,1-2H3,(H,44,47)/t24-/m0/s1. The number of nitrogens with zero attached hydrogens (tertiary/aromatic N) is 3. The SMILES string of the molecule is COC(=O)c1ccc(CN2CCCC2)c(NC(=O)c2[nH]c3cc(Cl)ccc3c2-c2c(-c3ccccc3)ncn2[C@@H](C)c2ccc(Cl)cc2)c1. The van der Waals surface area contributed by atoms with E-state index in [9.17, 15) is 9.59 Å². The van der Waals surface area contributed by atoms with Gasteiger partial charge in [0.05, 0.1) is 36.4 Å². The van der Waals surface area contributed by atoms with Crippen LogP contribution >= 0.6 is 23.2 Å². The Bertz CT molecular complexity index is 2150. The summed E-state index contributed by atoms with van der Waals surface area (Å²) in [5.74, 6) is -0.838. The molecular weight excluding hydrogens is 657 g/mol. The van der Waals surface area contributed by atoms with Crippen LogP contribution < -0.4 is 5.32 Å². The number of hydrogen-bond acceptors (Lipinski definition) is 5. The van der Waals surface area contributed by atoms with Gasteiger partial charge in [-0.25, -0.2) is 9.78 Å². The minimum absolute atomic E-state index is 0.158. The van der Waals surface area contributed by atoms with Crippen molar-refractivity contribution < 1.29 is 14.3 Å². The van der Waals surface area contributed by atoms with Crippen molar-refractivity contribution in [2.75, 3.05) is 25.5 Å². The zero-order valence-corrected chi connectivity index (χ0v) is 28.7. The van der Waals surface area contributed by atoms with Crippen molar-refractivity contribution in [3.05, 3.63) is 130 Å². The molecule has 0 aliphatic carbocycles. The number of aromatic amines is 1. The van der Waals surface area contributed by atoms with Crippen LogP contribution in [0.2, 0.25) is 10.0 Å². The minimum atomic E-state index is -0.475. The van der Waals surface area contributed by atoms with Crippen molar-refractivity contribution in [1.29, 1.82) is 0 Å². The Balaban J connectivity index is 1.40. The Hall–Kier alpha value is -4.89. The number of methoxy groups -OCH3 is 1. The number of carbonyl (C=O) groups is 2. The number of rotatable bonds is 9. The number of benzene rings is 4. The van der Waals surface area contributed by atoms with E-state index in [4.69, 9.17) is 32.9 Å². The van der Waals surface area contributed by atoms with Crippen LogP contribution in [-0.4, -0.2) is 51.5 Å². The number of fused-ring (bicyclic) bond motifs is 1. The number of aromatic nitrogens is 3. The van der Waals surface area contributed by atoms with E-state index in [2.05, 4.69) is 26.7 Å². The van der Waals surface area contributed by atoms with Crippen LogP contribution in [0.25, 0.3) is 33.4 Å². The second-order valence-electron chi connectivity index (χ2n) is 12.3. The molecule has 0 unspecified atom stereocenters. The molecule has 2 aromatic heterocycles. The number of nitrogens with one attached hydrogen (secondary N) is 2. The zero-order chi connectivity index (χ0) is 34.1.